The Morgan fingerprint density at radius 1 is 1.11 bits per heavy atom. The molecule has 0 bridgehead atoms. The third-order valence-corrected chi connectivity index (χ3v) is 7.36. The Labute approximate surface area is 219 Å². The lowest BCUT2D eigenvalue weighted by atomic mass is 10.0. The average Bonchev–Trinajstić information content (AvgIpc) is 3.66. The van der Waals surface area contributed by atoms with E-state index in [9.17, 15) is 9.59 Å². The van der Waals surface area contributed by atoms with E-state index >= 15 is 4.39 Å². The van der Waals surface area contributed by atoms with E-state index in [2.05, 4.69) is 35.5 Å². The minimum atomic E-state index is -0.506. The summed E-state index contributed by atoms with van der Waals surface area (Å²) in [6, 6.07) is 10.5. The summed E-state index contributed by atoms with van der Waals surface area (Å²) < 4.78 is 15.1. The molecule has 1 amide bonds. The van der Waals surface area contributed by atoms with Gasteiger partial charge < -0.3 is 10.3 Å². The third-order valence-electron chi connectivity index (χ3n) is 6.14. The SMILES string of the molecule is CCC(=O)Nc1cncc(-c2cc(F)c3n[nH]c(-c4nc5nccc(-c6ccc(C(C)=O)s6)c5[nH]4)c3c2)c1. The second-order valence-corrected chi connectivity index (χ2v) is 9.76. The maximum absolute atomic E-state index is 15.1. The number of pyridine rings is 2. The van der Waals surface area contributed by atoms with Crippen LogP contribution in [0.2, 0.25) is 0 Å². The Kier molecular flexibility index (Phi) is 5.76. The van der Waals surface area contributed by atoms with Crippen LogP contribution in [0.1, 0.15) is 29.9 Å². The van der Waals surface area contributed by atoms with Crippen molar-refractivity contribution in [3.63, 3.8) is 0 Å². The van der Waals surface area contributed by atoms with Gasteiger partial charge in [-0.15, -0.1) is 11.3 Å². The Hall–Kier alpha value is -4.77. The number of carbonyl (C=O) groups excluding carboxylic acids is 2. The number of imidazole rings is 1. The number of ketones is 1. The van der Waals surface area contributed by atoms with E-state index in [4.69, 9.17) is 0 Å². The number of nitrogens with one attached hydrogen (secondary N) is 3. The fraction of sp³-hybridized carbons (Fsp3) is 0.111. The van der Waals surface area contributed by atoms with Crippen LogP contribution >= 0.6 is 11.3 Å². The molecule has 0 spiro atoms. The first kappa shape index (κ1) is 23.6. The molecule has 0 saturated heterocycles. The van der Waals surface area contributed by atoms with Crippen molar-refractivity contribution < 1.29 is 14.0 Å². The smallest absolute Gasteiger partial charge is 0.224 e. The van der Waals surface area contributed by atoms with E-state index in [-0.39, 0.29) is 17.2 Å². The highest BCUT2D eigenvalue weighted by Crippen LogP contribution is 2.36. The molecule has 1 aromatic carbocycles. The van der Waals surface area contributed by atoms with E-state index < -0.39 is 5.82 Å². The van der Waals surface area contributed by atoms with E-state index in [0.717, 1.165) is 10.4 Å². The summed E-state index contributed by atoms with van der Waals surface area (Å²) >= 11 is 1.40. The summed E-state index contributed by atoms with van der Waals surface area (Å²) in [7, 11) is 0. The molecule has 6 aromatic rings. The van der Waals surface area contributed by atoms with Crippen molar-refractivity contribution in [2.75, 3.05) is 5.32 Å². The summed E-state index contributed by atoms with van der Waals surface area (Å²) in [6.45, 7) is 3.30. The number of hydrogen-bond donors (Lipinski definition) is 3. The van der Waals surface area contributed by atoms with Crippen molar-refractivity contribution in [1.29, 1.82) is 0 Å². The van der Waals surface area contributed by atoms with Gasteiger partial charge in [-0.3, -0.25) is 19.7 Å². The number of anilines is 1. The first-order chi connectivity index (χ1) is 18.4. The number of carbonyl (C=O) groups is 2. The predicted octanol–water partition coefficient (Wildman–Crippen LogP) is 5.98. The van der Waals surface area contributed by atoms with Gasteiger partial charge in [0.05, 0.1) is 22.3 Å². The minimum absolute atomic E-state index is 0.00657. The molecule has 0 radical (unpaired) electrons. The summed E-state index contributed by atoms with van der Waals surface area (Å²) in [5.74, 6) is -0.189. The number of aromatic amines is 2. The lowest BCUT2D eigenvalue weighted by Crippen LogP contribution is -2.09. The number of Topliss-reactive ketones (excluding diaryl/α,β-unsaturated/α-hetero) is 1. The summed E-state index contributed by atoms with van der Waals surface area (Å²) in [6.07, 6.45) is 5.15. The number of H-pyrrole nitrogens is 2. The van der Waals surface area contributed by atoms with Gasteiger partial charge in [-0.25, -0.2) is 14.4 Å². The predicted molar refractivity (Wildman–Crippen MR) is 144 cm³/mol. The molecule has 5 heterocycles. The molecule has 0 unspecified atom stereocenters. The second kappa shape index (κ2) is 9.27. The largest absolute Gasteiger partial charge is 0.335 e. The van der Waals surface area contributed by atoms with Crippen molar-refractivity contribution in [3.05, 3.63) is 65.7 Å². The third kappa shape index (κ3) is 4.12. The normalized spacial score (nSPS) is 11.3. The molecular formula is C27H20FN7O2S. The number of hydrogen-bond acceptors (Lipinski definition) is 7. The first-order valence-electron chi connectivity index (χ1n) is 11.8. The molecule has 38 heavy (non-hydrogen) atoms. The number of nitrogens with zero attached hydrogens (tertiary/aromatic N) is 4. The van der Waals surface area contributed by atoms with Crippen LogP contribution in [-0.2, 0) is 4.79 Å². The fourth-order valence-corrected chi connectivity index (χ4v) is 5.18. The molecule has 0 saturated carbocycles. The highest BCUT2D eigenvalue weighted by atomic mass is 32.1. The first-order valence-corrected chi connectivity index (χ1v) is 12.6. The second-order valence-electron chi connectivity index (χ2n) is 8.68. The van der Waals surface area contributed by atoms with Crippen LogP contribution in [0.5, 0.6) is 0 Å². The van der Waals surface area contributed by atoms with Crippen LogP contribution in [0, 0.1) is 5.82 Å². The fourth-order valence-electron chi connectivity index (χ4n) is 4.24. The lowest BCUT2D eigenvalue weighted by molar-refractivity contribution is -0.115. The number of benzene rings is 1. The van der Waals surface area contributed by atoms with E-state index in [1.165, 1.54) is 24.3 Å². The molecule has 5 aromatic heterocycles. The number of amides is 1. The monoisotopic (exact) mass is 525 g/mol. The van der Waals surface area contributed by atoms with Crippen molar-refractivity contribution in [3.8, 4) is 33.1 Å². The van der Waals surface area contributed by atoms with Gasteiger partial charge in [-0.05, 0) is 48.9 Å². The molecular weight excluding hydrogens is 505 g/mol. The Morgan fingerprint density at radius 3 is 2.76 bits per heavy atom. The molecule has 188 valence electrons. The van der Waals surface area contributed by atoms with Crippen molar-refractivity contribution >= 4 is 50.8 Å². The molecule has 0 aliphatic heterocycles. The Morgan fingerprint density at radius 2 is 1.97 bits per heavy atom. The van der Waals surface area contributed by atoms with Gasteiger partial charge in [-0.1, -0.05) is 6.92 Å². The molecule has 3 N–H and O–H groups in total. The van der Waals surface area contributed by atoms with Crippen molar-refractivity contribution in [1.82, 2.24) is 30.1 Å². The van der Waals surface area contributed by atoms with Crippen LogP contribution < -0.4 is 5.32 Å². The summed E-state index contributed by atoms with van der Waals surface area (Å²) in [5.41, 5.74) is 4.45. The lowest BCUT2D eigenvalue weighted by Gasteiger charge is -2.07. The zero-order valence-electron chi connectivity index (χ0n) is 20.3. The molecule has 0 atom stereocenters. The quantitative estimate of drug-likeness (QED) is 0.229. The standard InChI is InChI=1S/C27H20FN7O2S/c1-3-22(37)31-16-8-15(11-29-12-16)14-9-18-23(19(28)10-14)34-35-25(18)27-32-24-17(6-7-30-26(24)33-27)21-5-4-20(38-21)13(2)36/h4-12H,3H2,1-2H3,(H,31,37)(H,34,35)(H,30,32,33). The molecule has 11 heteroatoms. The zero-order valence-corrected chi connectivity index (χ0v) is 21.1. The van der Waals surface area contributed by atoms with Crippen molar-refractivity contribution in [2.45, 2.75) is 20.3 Å². The summed E-state index contributed by atoms with van der Waals surface area (Å²) in [5, 5.41) is 10.4. The molecule has 0 aliphatic carbocycles. The van der Waals surface area contributed by atoms with Crippen LogP contribution in [0.15, 0.2) is 55.0 Å². The molecule has 0 fully saturated rings. The van der Waals surface area contributed by atoms with Crippen LogP contribution in [0.25, 0.3) is 55.2 Å². The number of fused-ring (bicyclic) bond motifs is 2. The van der Waals surface area contributed by atoms with Gasteiger partial charge in [0.2, 0.25) is 5.91 Å². The molecule has 0 aliphatic rings. The van der Waals surface area contributed by atoms with Gasteiger partial charge >= 0.3 is 0 Å². The highest BCUT2D eigenvalue weighted by Gasteiger charge is 2.19. The van der Waals surface area contributed by atoms with Gasteiger partial charge in [0, 0.05) is 40.2 Å². The Bertz CT molecular complexity index is 1870. The van der Waals surface area contributed by atoms with Crippen LogP contribution in [0.4, 0.5) is 10.1 Å². The highest BCUT2D eigenvalue weighted by molar-refractivity contribution is 7.17. The van der Waals surface area contributed by atoms with Crippen LogP contribution in [0.3, 0.4) is 0 Å². The van der Waals surface area contributed by atoms with Gasteiger partial charge in [0.1, 0.15) is 11.2 Å². The minimum Gasteiger partial charge on any atom is -0.335 e. The Balaban J connectivity index is 1.45. The van der Waals surface area contributed by atoms with Crippen LogP contribution in [-0.4, -0.2) is 41.8 Å². The maximum Gasteiger partial charge on any atom is 0.224 e. The van der Waals surface area contributed by atoms with E-state index in [1.54, 1.807) is 43.7 Å². The van der Waals surface area contributed by atoms with E-state index in [0.29, 0.717) is 56.2 Å². The number of halogens is 1. The molecule has 9 nitrogen and oxygen atoms in total. The van der Waals surface area contributed by atoms with Gasteiger partial charge in [0.25, 0.3) is 0 Å². The number of aromatic nitrogens is 6. The van der Waals surface area contributed by atoms with Gasteiger partial charge in [-0.2, -0.15) is 5.10 Å². The number of thiophene rings is 1. The molecule has 6 rings (SSSR count). The number of rotatable bonds is 6. The van der Waals surface area contributed by atoms with E-state index in [1.807, 2.05) is 12.1 Å². The average molecular weight is 526 g/mol. The summed E-state index contributed by atoms with van der Waals surface area (Å²) in [4.78, 5) is 41.7. The maximum atomic E-state index is 15.1. The van der Waals surface area contributed by atoms with Crippen molar-refractivity contribution in [2.24, 2.45) is 0 Å². The van der Waals surface area contributed by atoms with Gasteiger partial charge in [0.15, 0.2) is 23.1 Å². The topological polar surface area (TPSA) is 129 Å². The zero-order chi connectivity index (χ0) is 26.4.